The maximum atomic E-state index is 9.18. The molecule has 106 valence electrons. The zero-order chi connectivity index (χ0) is 14.5. The Kier molecular flexibility index (Phi) is 4.30. The number of hydrogen-bond acceptors (Lipinski definition) is 3. The van der Waals surface area contributed by atoms with E-state index in [1.54, 1.807) is 0 Å². The van der Waals surface area contributed by atoms with Gasteiger partial charge < -0.3 is 4.74 Å². The Morgan fingerprint density at radius 3 is 2.43 bits per heavy atom. The van der Waals surface area contributed by atoms with E-state index >= 15 is 0 Å². The Balaban J connectivity index is 1.76. The minimum atomic E-state index is 0.721. The molecule has 0 aliphatic carbocycles. The van der Waals surface area contributed by atoms with E-state index < -0.39 is 0 Å². The summed E-state index contributed by atoms with van der Waals surface area (Å²) in [6, 6.07) is 18.5. The van der Waals surface area contributed by atoms with E-state index in [0.29, 0.717) is 0 Å². The van der Waals surface area contributed by atoms with Crippen LogP contribution in [0, 0.1) is 11.3 Å². The maximum Gasteiger partial charge on any atom is 0.0998 e. The molecule has 0 unspecified atom stereocenters. The van der Waals surface area contributed by atoms with E-state index in [9.17, 15) is 5.26 Å². The number of rotatable bonds is 3. The summed E-state index contributed by atoms with van der Waals surface area (Å²) in [6.45, 7) is 4.61. The van der Waals surface area contributed by atoms with Gasteiger partial charge in [0.2, 0.25) is 0 Å². The molecule has 3 heteroatoms. The molecule has 0 spiro atoms. The van der Waals surface area contributed by atoms with Crippen LogP contribution >= 0.6 is 0 Å². The lowest BCUT2D eigenvalue weighted by atomic mass is 9.99. The molecular formula is C18H18N2O. The van der Waals surface area contributed by atoms with E-state index in [-0.39, 0.29) is 0 Å². The normalized spacial score (nSPS) is 15.6. The molecule has 1 saturated heterocycles. The Hall–Kier alpha value is -2.15. The van der Waals surface area contributed by atoms with Gasteiger partial charge in [-0.15, -0.1) is 0 Å². The van der Waals surface area contributed by atoms with Crippen LogP contribution < -0.4 is 0 Å². The van der Waals surface area contributed by atoms with Gasteiger partial charge >= 0.3 is 0 Å². The third-order valence-corrected chi connectivity index (χ3v) is 3.82. The van der Waals surface area contributed by atoms with Crippen LogP contribution in [0.3, 0.4) is 0 Å². The molecule has 0 amide bonds. The Morgan fingerprint density at radius 1 is 1.00 bits per heavy atom. The molecule has 0 saturated carbocycles. The molecule has 1 aliphatic heterocycles. The van der Waals surface area contributed by atoms with Crippen LogP contribution in [-0.2, 0) is 11.3 Å². The van der Waals surface area contributed by atoms with E-state index in [0.717, 1.165) is 49.5 Å². The number of morpholine rings is 1. The summed E-state index contributed by atoms with van der Waals surface area (Å²) in [5.41, 5.74) is 4.12. The van der Waals surface area contributed by atoms with Crippen molar-refractivity contribution in [2.75, 3.05) is 26.3 Å². The first-order valence-electron chi connectivity index (χ1n) is 7.25. The highest BCUT2D eigenvalue weighted by atomic mass is 16.5. The van der Waals surface area contributed by atoms with Gasteiger partial charge in [-0.3, -0.25) is 4.90 Å². The number of nitriles is 1. The van der Waals surface area contributed by atoms with Gasteiger partial charge in [0.25, 0.3) is 0 Å². The molecule has 0 N–H and O–H groups in total. The van der Waals surface area contributed by atoms with Crippen molar-refractivity contribution in [2.24, 2.45) is 0 Å². The summed E-state index contributed by atoms with van der Waals surface area (Å²) >= 11 is 0. The van der Waals surface area contributed by atoms with E-state index in [1.165, 1.54) is 5.56 Å². The summed E-state index contributed by atoms with van der Waals surface area (Å²) in [4.78, 5) is 2.40. The van der Waals surface area contributed by atoms with E-state index in [4.69, 9.17) is 4.74 Å². The van der Waals surface area contributed by atoms with Gasteiger partial charge in [0.05, 0.1) is 24.8 Å². The predicted octanol–water partition coefficient (Wildman–Crippen LogP) is 3.06. The molecule has 3 nitrogen and oxygen atoms in total. The molecule has 1 heterocycles. The molecule has 3 rings (SSSR count). The smallest absolute Gasteiger partial charge is 0.0998 e. The van der Waals surface area contributed by atoms with Crippen LogP contribution in [0.2, 0.25) is 0 Å². The Labute approximate surface area is 125 Å². The fourth-order valence-corrected chi connectivity index (χ4v) is 2.64. The van der Waals surface area contributed by atoms with Crippen LogP contribution in [0.15, 0.2) is 48.5 Å². The zero-order valence-corrected chi connectivity index (χ0v) is 12.0. The Morgan fingerprint density at radius 2 is 1.71 bits per heavy atom. The fraction of sp³-hybridized carbons (Fsp3) is 0.278. The SMILES string of the molecule is N#Cc1ccccc1-c1ccc(CN2CCOCC2)cc1. The maximum absolute atomic E-state index is 9.18. The third-order valence-electron chi connectivity index (χ3n) is 3.82. The van der Waals surface area contributed by atoms with Gasteiger partial charge in [-0.2, -0.15) is 5.26 Å². The summed E-state index contributed by atoms with van der Waals surface area (Å²) in [5, 5.41) is 9.18. The lowest BCUT2D eigenvalue weighted by Crippen LogP contribution is -2.35. The van der Waals surface area contributed by atoms with Gasteiger partial charge in [-0.25, -0.2) is 0 Å². The first-order chi connectivity index (χ1) is 10.4. The topological polar surface area (TPSA) is 36.3 Å². The Bertz CT molecular complexity index is 637. The second-order valence-electron chi connectivity index (χ2n) is 5.24. The lowest BCUT2D eigenvalue weighted by Gasteiger charge is -2.26. The molecule has 0 radical (unpaired) electrons. The third kappa shape index (κ3) is 3.30. The van der Waals surface area contributed by atoms with Gasteiger partial charge in [-0.05, 0) is 22.8 Å². The number of ether oxygens (including phenoxy) is 1. The summed E-state index contributed by atoms with van der Waals surface area (Å²) in [6.07, 6.45) is 0. The van der Waals surface area contributed by atoms with Crippen molar-refractivity contribution in [3.8, 4) is 17.2 Å². The largest absolute Gasteiger partial charge is 0.379 e. The van der Waals surface area contributed by atoms with Crippen molar-refractivity contribution in [1.29, 1.82) is 5.26 Å². The molecule has 21 heavy (non-hydrogen) atoms. The van der Waals surface area contributed by atoms with Gasteiger partial charge in [0, 0.05) is 19.6 Å². The molecule has 0 atom stereocenters. The molecular weight excluding hydrogens is 260 g/mol. The molecule has 2 aromatic rings. The molecule has 0 bridgehead atoms. The van der Waals surface area contributed by atoms with Crippen molar-refractivity contribution in [2.45, 2.75) is 6.54 Å². The van der Waals surface area contributed by atoms with Crippen molar-refractivity contribution >= 4 is 0 Å². The van der Waals surface area contributed by atoms with Crippen molar-refractivity contribution in [3.63, 3.8) is 0 Å². The van der Waals surface area contributed by atoms with E-state index in [2.05, 4.69) is 35.2 Å². The summed E-state index contributed by atoms with van der Waals surface area (Å²) < 4.78 is 5.37. The number of nitrogens with zero attached hydrogens (tertiary/aromatic N) is 2. The van der Waals surface area contributed by atoms with Crippen LogP contribution in [0.5, 0.6) is 0 Å². The van der Waals surface area contributed by atoms with Crippen LogP contribution in [0.1, 0.15) is 11.1 Å². The number of benzene rings is 2. The molecule has 0 aromatic heterocycles. The van der Waals surface area contributed by atoms with Gasteiger partial charge in [0.1, 0.15) is 0 Å². The van der Waals surface area contributed by atoms with Crippen LogP contribution in [0.25, 0.3) is 11.1 Å². The first-order valence-corrected chi connectivity index (χ1v) is 7.25. The number of hydrogen-bond donors (Lipinski definition) is 0. The molecule has 2 aromatic carbocycles. The minimum absolute atomic E-state index is 0.721. The summed E-state index contributed by atoms with van der Waals surface area (Å²) in [5.74, 6) is 0. The lowest BCUT2D eigenvalue weighted by molar-refractivity contribution is 0.0342. The average molecular weight is 278 g/mol. The molecule has 1 fully saturated rings. The zero-order valence-electron chi connectivity index (χ0n) is 12.0. The summed E-state index contributed by atoms with van der Waals surface area (Å²) in [7, 11) is 0. The van der Waals surface area contributed by atoms with Gasteiger partial charge in [0.15, 0.2) is 0 Å². The highest BCUT2D eigenvalue weighted by Crippen LogP contribution is 2.23. The second kappa shape index (κ2) is 6.53. The van der Waals surface area contributed by atoms with Crippen molar-refractivity contribution < 1.29 is 4.74 Å². The average Bonchev–Trinajstić information content (AvgIpc) is 2.56. The second-order valence-corrected chi connectivity index (χ2v) is 5.24. The quantitative estimate of drug-likeness (QED) is 0.865. The standard InChI is InChI=1S/C18H18N2O/c19-13-17-3-1-2-4-18(17)16-7-5-15(6-8-16)14-20-9-11-21-12-10-20/h1-8H,9-12,14H2. The first kappa shape index (κ1) is 13.8. The van der Waals surface area contributed by atoms with Crippen molar-refractivity contribution in [1.82, 2.24) is 4.90 Å². The molecule has 1 aliphatic rings. The highest BCUT2D eigenvalue weighted by Gasteiger charge is 2.11. The monoisotopic (exact) mass is 278 g/mol. The van der Waals surface area contributed by atoms with Crippen molar-refractivity contribution in [3.05, 3.63) is 59.7 Å². The minimum Gasteiger partial charge on any atom is -0.379 e. The van der Waals surface area contributed by atoms with E-state index in [1.807, 2.05) is 24.3 Å². The van der Waals surface area contributed by atoms with Crippen LogP contribution in [-0.4, -0.2) is 31.2 Å². The van der Waals surface area contributed by atoms with Gasteiger partial charge in [-0.1, -0.05) is 42.5 Å². The predicted molar refractivity (Wildman–Crippen MR) is 82.7 cm³/mol. The van der Waals surface area contributed by atoms with Crippen LogP contribution in [0.4, 0.5) is 0 Å². The highest BCUT2D eigenvalue weighted by molar-refractivity contribution is 5.70. The fourth-order valence-electron chi connectivity index (χ4n) is 2.64.